The summed E-state index contributed by atoms with van der Waals surface area (Å²) < 4.78 is 0. The van der Waals surface area contributed by atoms with Crippen molar-refractivity contribution >= 4 is 11.3 Å². The Hall–Kier alpha value is -1.19. The maximum absolute atomic E-state index is 4.51. The Labute approximate surface area is 125 Å². The molecule has 1 heterocycles. The summed E-state index contributed by atoms with van der Waals surface area (Å²) in [7, 11) is 0. The first-order chi connectivity index (χ1) is 9.82. The van der Waals surface area contributed by atoms with Crippen molar-refractivity contribution in [1.82, 2.24) is 10.3 Å². The molecule has 106 valence electrons. The van der Waals surface area contributed by atoms with E-state index in [9.17, 15) is 0 Å². The second-order valence-electron chi connectivity index (χ2n) is 5.76. The minimum Gasteiger partial charge on any atom is -0.313 e. The molecule has 0 amide bonds. The Balaban J connectivity index is 1.86. The summed E-state index contributed by atoms with van der Waals surface area (Å²) >= 11 is 1.77. The Bertz CT molecular complexity index is 519. The summed E-state index contributed by atoms with van der Waals surface area (Å²) in [5.74, 6) is 0. The maximum Gasteiger partial charge on any atom is 0.0934 e. The van der Waals surface area contributed by atoms with Crippen molar-refractivity contribution in [3.05, 3.63) is 52.5 Å². The molecule has 1 aromatic heterocycles. The summed E-state index contributed by atoms with van der Waals surface area (Å²) in [5.41, 5.74) is 1.60. The third-order valence-corrected chi connectivity index (χ3v) is 5.12. The molecule has 3 rings (SSSR count). The van der Waals surface area contributed by atoms with Crippen LogP contribution >= 0.6 is 11.3 Å². The largest absolute Gasteiger partial charge is 0.313 e. The first kappa shape index (κ1) is 13.8. The summed E-state index contributed by atoms with van der Waals surface area (Å²) in [6, 6.07) is 11.7. The summed E-state index contributed by atoms with van der Waals surface area (Å²) in [4.78, 5) is 4.51. The van der Waals surface area contributed by atoms with Crippen molar-refractivity contribution in [3.8, 4) is 0 Å². The number of thiazole rings is 1. The average Bonchev–Trinajstić information content (AvgIpc) is 3.20. The lowest BCUT2D eigenvalue weighted by atomic mass is 9.75. The molecule has 1 aliphatic carbocycles. The van der Waals surface area contributed by atoms with Crippen LogP contribution in [0, 0.1) is 0 Å². The zero-order valence-electron chi connectivity index (χ0n) is 12.0. The number of hydrogen-bond acceptors (Lipinski definition) is 3. The molecule has 2 nitrogen and oxygen atoms in total. The van der Waals surface area contributed by atoms with Crippen LogP contribution in [0.25, 0.3) is 0 Å². The number of rotatable bonds is 7. The van der Waals surface area contributed by atoms with E-state index in [1.165, 1.54) is 23.4 Å². The summed E-state index contributed by atoms with van der Waals surface area (Å²) in [6.45, 7) is 3.35. The third-order valence-electron chi connectivity index (χ3n) is 4.34. The van der Waals surface area contributed by atoms with Crippen molar-refractivity contribution in [3.63, 3.8) is 0 Å². The van der Waals surface area contributed by atoms with Gasteiger partial charge in [0.25, 0.3) is 0 Å². The molecule has 1 atom stereocenters. The average molecular weight is 286 g/mol. The lowest BCUT2D eigenvalue weighted by Gasteiger charge is -2.33. The van der Waals surface area contributed by atoms with Crippen LogP contribution in [0.4, 0.5) is 0 Å². The van der Waals surface area contributed by atoms with Gasteiger partial charge in [0.05, 0.1) is 5.01 Å². The van der Waals surface area contributed by atoms with Crippen LogP contribution in [0.5, 0.6) is 0 Å². The fraction of sp³-hybridized carbons (Fsp3) is 0.471. The van der Waals surface area contributed by atoms with Gasteiger partial charge in [-0.3, -0.25) is 0 Å². The van der Waals surface area contributed by atoms with Crippen LogP contribution in [0.2, 0.25) is 0 Å². The quantitative estimate of drug-likeness (QED) is 0.837. The lowest BCUT2D eigenvalue weighted by Crippen LogP contribution is -2.40. The predicted octanol–water partition coefficient (Wildman–Crippen LogP) is 3.79. The monoisotopic (exact) mass is 286 g/mol. The van der Waals surface area contributed by atoms with Crippen LogP contribution < -0.4 is 5.32 Å². The van der Waals surface area contributed by atoms with E-state index in [0.29, 0.717) is 0 Å². The van der Waals surface area contributed by atoms with Crippen LogP contribution in [0.15, 0.2) is 41.9 Å². The SMILES string of the molecule is CCC(CNC1CC1)(Cc1nccs1)c1ccccc1. The molecule has 0 bridgehead atoms. The topological polar surface area (TPSA) is 24.9 Å². The Morgan fingerprint density at radius 3 is 2.70 bits per heavy atom. The number of nitrogens with one attached hydrogen (secondary N) is 1. The Morgan fingerprint density at radius 1 is 1.30 bits per heavy atom. The van der Waals surface area contributed by atoms with Crippen LogP contribution in [-0.2, 0) is 11.8 Å². The first-order valence-corrected chi connectivity index (χ1v) is 8.38. The number of benzene rings is 1. The second-order valence-corrected chi connectivity index (χ2v) is 6.74. The van der Waals surface area contributed by atoms with Gasteiger partial charge in [-0.15, -0.1) is 11.3 Å². The molecule has 0 radical (unpaired) electrons. The van der Waals surface area contributed by atoms with E-state index in [1.54, 1.807) is 11.3 Å². The van der Waals surface area contributed by atoms with Crippen LogP contribution in [0.1, 0.15) is 36.8 Å². The highest BCUT2D eigenvalue weighted by atomic mass is 32.1. The molecule has 2 aromatic rings. The molecule has 0 saturated heterocycles. The molecule has 3 heteroatoms. The number of aromatic nitrogens is 1. The molecule has 1 fully saturated rings. The standard InChI is InChI=1S/C17H22N2S/c1-2-17(13-19-15-8-9-15,12-16-18-10-11-20-16)14-6-4-3-5-7-14/h3-7,10-11,15,19H,2,8-9,12-13H2,1H3. The van der Waals surface area contributed by atoms with E-state index in [0.717, 1.165) is 25.4 Å². The van der Waals surface area contributed by atoms with Gasteiger partial charge in [0.1, 0.15) is 0 Å². The molecule has 20 heavy (non-hydrogen) atoms. The van der Waals surface area contributed by atoms with Crippen LogP contribution in [0.3, 0.4) is 0 Å². The smallest absolute Gasteiger partial charge is 0.0934 e. The molecule has 1 saturated carbocycles. The van der Waals surface area contributed by atoms with Crippen molar-refractivity contribution in [2.75, 3.05) is 6.54 Å². The molecule has 1 aromatic carbocycles. The number of hydrogen-bond donors (Lipinski definition) is 1. The molecule has 1 N–H and O–H groups in total. The predicted molar refractivity (Wildman–Crippen MR) is 85.3 cm³/mol. The lowest BCUT2D eigenvalue weighted by molar-refractivity contribution is 0.376. The van der Waals surface area contributed by atoms with Gasteiger partial charge in [-0.25, -0.2) is 4.98 Å². The van der Waals surface area contributed by atoms with E-state index in [2.05, 4.69) is 52.9 Å². The highest BCUT2D eigenvalue weighted by Gasteiger charge is 2.33. The van der Waals surface area contributed by atoms with Gasteiger partial charge in [0.15, 0.2) is 0 Å². The van der Waals surface area contributed by atoms with Crippen molar-refractivity contribution in [2.45, 2.75) is 44.1 Å². The fourth-order valence-electron chi connectivity index (χ4n) is 2.77. The van der Waals surface area contributed by atoms with E-state index in [1.807, 2.05) is 6.20 Å². The molecule has 0 aliphatic heterocycles. The summed E-state index contributed by atoms with van der Waals surface area (Å²) in [6.07, 6.45) is 6.76. The van der Waals surface area contributed by atoms with E-state index < -0.39 is 0 Å². The van der Waals surface area contributed by atoms with E-state index in [4.69, 9.17) is 0 Å². The van der Waals surface area contributed by atoms with Crippen molar-refractivity contribution < 1.29 is 0 Å². The van der Waals surface area contributed by atoms with Gasteiger partial charge < -0.3 is 5.32 Å². The number of nitrogens with zero attached hydrogens (tertiary/aromatic N) is 1. The zero-order valence-corrected chi connectivity index (χ0v) is 12.8. The third kappa shape index (κ3) is 3.10. The first-order valence-electron chi connectivity index (χ1n) is 7.50. The van der Waals surface area contributed by atoms with Crippen LogP contribution in [-0.4, -0.2) is 17.6 Å². The van der Waals surface area contributed by atoms with Gasteiger partial charge in [-0.2, -0.15) is 0 Å². The zero-order chi connectivity index (χ0) is 13.8. The fourth-order valence-corrected chi connectivity index (χ4v) is 3.53. The van der Waals surface area contributed by atoms with Gasteiger partial charge in [0, 0.05) is 36.0 Å². The molecule has 1 unspecified atom stereocenters. The normalized spacial score (nSPS) is 17.9. The Morgan fingerprint density at radius 2 is 2.10 bits per heavy atom. The van der Waals surface area contributed by atoms with Gasteiger partial charge in [0.2, 0.25) is 0 Å². The molecule has 1 aliphatic rings. The van der Waals surface area contributed by atoms with E-state index >= 15 is 0 Å². The molecule has 0 spiro atoms. The van der Waals surface area contributed by atoms with Gasteiger partial charge in [-0.05, 0) is 24.8 Å². The van der Waals surface area contributed by atoms with Crippen molar-refractivity contribution in [1.29, 1.82) is 0 Å². The van der Waals surface area contributed by atoms with Crippen molar-refractivity contribution in [2.24, 2.45) is 0 Å². The maximum atomic E-state index is 4.51. The Kier molecular flexibility index (Phi) is 4.18. The highest BCUT2D eigenvalue weighted by molar-refractivity contribution is 7.09. The van der Waals surface area contributed by atoms with E-state index in [-0.39, 0.29) is 5.41 Å². The summed E-state index contributed by atoms with van der Waals surface area (Å²) in [5, 5.41) is 7.06. The molecular weight excluding hydrogens is 264 g/mol. The van der Waals surface area contributed by atoms with Gasteiger partial charge >= 0.3 is 0 Å². The van der Waals surface area contributed by atoms with Gasteiger partial charge in [-0.1, -0.05) is 37.3 Å². The minimum atomic E-state index is 0.168. The highest BCUT2D eigenvalue weighted by Crippen LogP contribution is 2.33. The minimum absolute atomic E-state index is 0.168. The molecular formula is C17H22N2S. The second kappa shape index (κ2) is 6.06.